The van der Waals surface area contributed by atoms with Gasteiger partial charge in [0.1, 0.15) is 18.3 Å². The highest BCUT2D eigenvalue weighted by Gasteiger charge is 2.25. The summed E-state index contributed by atoms with van der Waals surface area (Å²) < 4.78 is 30.6. The summed E-state index contributed by atoms with van der Waals surface area (Å²) in [7, 11) is 0. The largest absolute Gasteiger partial charge is 0.475 e. The minimum atomic E-state index is -0.840. The molecule has 2 aromatic rings. The fourth-order valence-corrected chi connectivity index (χ4v) is 3.50. The van der Waals surface area contributed by atoms with Gasteiger partial charge in [0.05, 0.1) is 13.2 Å². The SMILES string of the molecule is NC(=O)O[C@H]1CC[C@H](Nc2nc(OCCOCc3ccccc3)c(C(N)=O)cc2F)CC1. The number of nitrogens with one attached hydrogen (secondary N) is 1. The number of benzene rings is 1. The molecule has 0 atom stereocenters. The molecule has 0 radical (unpaired) electrons. The van der Waals surface area contributed by atoms with E-state index in [0.29, 0.717) is 32.3 Å². The van der Waals surface area contributed by atoms with Crippen LogP contribution in [0.3, 0.4) is 0 Å². The van der Waals surface area contributed by atoms with Gasteiger partial charge in [-0.3, -0.25) is 4.79 Å². The van der Waals surface area contributed by atoms with E-state index in [1.54, 1.807) is 0 Å². The number of ether oxygens (including phenoxy) is 3. The average molecular weight is 446 g/mol. The molecule has 1 aliphatic rings. The molecule has 2 amide bonds. The molecule has 0 spiro atoms. The van der Waals surface area contributed by atoms with E-state index >= 15 is 0 Å². The van der Waals surface area contributed by atoms with E-state index in [1.165, 1.54) is 0 Å². The van der Waals surface area contributed by atoms with Crippen LogP contribution in [0.15, 0.2) is 36.4 Å². The second kappa shape index (κ2) is 11.3. The van der Waals surface area contributed by atoms with Crippen molar-refractivity contribution in [3.05, 3.63) is 53.3 Å². The standard InChI is InChI=1S/C22H27FN4O5/c23-18-12-17(19(24)28)21(31-11-10-30-13-14-4-2-1-3-5-14)27-20(18)26-15-6-8-16(9-7-15)32-22(25)29/h1-5,12,15-16H,6-11,13H2,(H2,24,28)(H2,25,29)(H,26,27)/t15-,16-. The fraction of sp³-hybridized carbons (Fsp3) is 0.409. The molecule has 32 heavy (non-hydrogen) atoms. The van der Waals surface area contributed by atoms with Gasteiger partial charge < -0.3 is 31.0 Å². The molecule has 1 saturated carbocycles. The lowest BCUT2D eigenvalue weighted by atomic mass is 9.93. The van der Waals surface area contributed by atoms with Gasteiger partial charge in [-0.25, -0.2) is 9.18 Å². The summed E-state index contributed by atoms with van der Waals surface area (Å²) in [6, 6.07) is 10.6. The van der Waals surface area contributed by atoms with Crippen molar-refractivity contribution in [2.45, 2.75) is 44.4 Å². The summed E-state index contributed by atoms with van der Waals surface area (Å²) in [6.07, 6.45) is 1.44. The van der Waals surface area contributed by atoms with Crippen LogP contribution in [0.5, 0.6) is 5.88 Å². The second-order valence-electron chi connectivity index (χ2n) is 7.48. The summed E-state index contributed by atoms with van der Waals surface area (Å²) >= 11 is 0. The quantitative estimate of drug-likeness (QED) is 0.477. The molecule has 172 valence electrons. The normalized spacial score (nSPS) is 18.0. The van der Waals surface area contributed by atoms with Gasteiger partial charge in [-0.2, -0.15) is 4.98 Å². The molecule has 0 saturated heterocycles. The van der Waals surface area contributed by atoms with Crippen LogP contribution < -0.4 is 21.5 Å². The maximum absolute atomic E-state index is 14.5. The van der Waals surface area contributed by atoms with Gasteiger partial charge in [-0.05, 0) is 37.3 Å². The van der Waals surface area contributed by atoms with Crippen molar-refractivity contribution in [2.75, 3.05) is 18.5 Å². The van der Waals surface area contributed by atoms with E-state index in [2.05, 4.69) is 10.3 Å². The summed E-state index contributed by atoms with van der Waals surface area (Å²) in [5.74, 6) is -1.64. The maximum Gasteiger partial charge on any atom is 0.404 e. The van der Waals surface area contributed by atoms with Gasteiger partial charge in [-0.1, -0.05) is 30.3 Å². The van der Waals surface area contributed by atoms with Crippen LogP contribution in [0.2, 0.25) is 0 Å². The Labute approximate surface area is 185 Å². The highest BCUT2D eigenvalue weighted by Crippen LogP contribution is 2.27. The highest BCUT2D eigenvalue weighted by molar-refractivity contribution is 5.95. The number of hydrogen-bond donors (Lipinski definition) is 3. The fourth-order valence-electron chi connectivity index (χ4n) is 3.50. The number of anilines is 1. The third kappa shape index (κ3) is 6.81. The maximum atomic E-state index is 14.5. The number of amides is 2. The number of nitrogens with zero attached hydrogens (tertiary/aromatic N) is 1. The Balaban J connectivity index is 1.56. The van der Waals surface area contributed by atoms with Gasteiger partial charge in [-0.15, -0.1) is 0 Å². The van der Waals surface area contributed by atoms with E-state index in [1.807, 2.05) is 30.3 Å². The zero-order valence-electron chi connectivity index (χ0n) is 17.6. The summed E-state index contributed by atoms with van der Waals surface area (Å²) in [4.78, 5) is 26.7. The molecule has 3 rings (SSSR count). The van der Waals surface area contributed by atoms with E-state index in [9.17, 15) is 14.0 Å². The molecule has 1 aliphatic carbocycles. The second-order valence-corrected chi connectivity index (χ2v) is 7.48. The minimum Gasteiger partial charge on any atom is -0.475 e. The van der Waals surface area contributed by atoms with E-state index in [-0.39, 0.29) is 42.6 Å². The molecule has 10 heteroatoms. The molecule has 0 aliphatic heterocycles. The number of hydrogen-bond acceptors (Lipinski definition) is 7. The van der Waals surface area contributed by atoms with E-state index in [4.69, 9.17) is 25.7 Å². The Morgan fingerprint density at radius 1 is 1.09 bits per heavy atom. The van der Waals surface area contributed by atoms with Crippen molar-refractivity contribution >= 4 is 17.8 Å². The van der Waals surface area contributed by atoms with Crippen molar-refractivity contribution in [1.82, 2.24) is 4.98 Å². The van der Waals surface area contributed by atoms with Crippen LogP contribution >= 0.6 is 0 Å². The lowest BCUT2D eigenvalue weighted by molar-refractivity contribution is 0.0804. The molecule has 0 bridgehead atoms. The first-order valence-electron chi connectivity index (χ1n) is 10.4. The van der Waals surface area contributed by atoms with Crippen LogP contribution in [-0.4, -0.2) is 42.3 Å². The summed E-state index contributed by atoms with van der Waals surface area (Å²) in [6.45, 7) is 0.776. The Morgan fingerprint density at radius 2 is 1.81 bits per heavy atom. The highest BCUT2D eigenvalue weighted by atomic mass is 19.1. The zero-order chi connectivity index (χ0) is 22.9. The van der Waals surface area contributed by atoms with Crippen LogP contribution in [0, 0.1) is 5.82 Å². The number of nitrogens with two attached hydrogens (primary N) is 2. The van der Waals surface area contributed by atoms with E-state index in [0.717, 1.165) is 11.6 Å². The van der Waals surface area contributed by atoms with Crippen molar-refractivity contribution < 1.29 is 28.2 Å². The van der Waals surface area contributed by atoms with Gasteiger partial charge >= 0.3 is 6.09 Å². The molecule has 1 aromatic heterocycles. The number of primary amides is 2. The van der Waals surface area contributed by atoms with Gasteiger partial charge in [0.2, 0.25) is 5.88 Å². The first-order valence-corrected chi connectivity index (χ1v) is 10.4. The summed E-state index contributed by atoms with van der Waals surface area (Å²) in [5, 5.41) is 3.03. The molecule has 1 fully saturated rings. The van der Waals surface area contributed by atoms with Crippen LogP contribution in [0.1, 0.15) is 41.6 Å². The number of pyridine rings is 1. The molecule has 9 nitrogen and oxygen atoms in total. The Hall–Kier alpha value is -3.40. The average Bonchev–Trinajstić information content (AvgIpc) is 2.77. The lowest BCUT2D eigenvalue weighted by Gasteiger charge is -2.29. The third-order valence-corrected chi connectivity index (χ3v) is 5.08. The van der Waals surface area contributed by atoms with E-state index < -0.39 is 17.8 Å². The topological polar surface area (TPSA) is 139 Å². The molecular weight excluding hydrogens is 419 g/mol. The monoisotopic (exact) mass is 446 g/mol. The Kier molecular flexibility index (Phi) is 8.20. The predicted molar refractivity (Wildman–Crippen MR) is 115 cm³/mol. The van der Waals surface area contributed by atoms with Crippen LogP contribution in [0.4, 0.5) is 15.0 Å². The number of rotatable bonds is 10. The molecule has 0 unspecified atom stereocenters. The first-order chi connectivity index (χ1) is 15.4. The number of aromatic nitrogens is 1. The van der Waals surface area contributed by atoms with Crippen molar-refractivity contribution in [3.8, 4) is 5.88 Å². The molecule has 1 aromatic carbocycles. The van der Waals surface area contributed by atoms with Crippen molar-refractivity contribution in [3.63, 3.8) is 0 Å². The number of carbonyl (C=O) groups excluding carboxylic acids is 2. The smallest absolute Gasteiger partial charge is 0.404 e. The Morgan fingerprint density at radius 3 is 2.47 bits per heavy atom. The minimum absolute atomic E-state index is 0.0329. The predicted octanol–water partition coefficient (Wildman–Crippen LogP) is 2.73. The molecule has 1 heterocycles. The third-order valence-electron chi connectivity index (χ3n) is 5.08. The summed E-state index contributed by atoms with van der Waals surface area (Å²) in [5.41, 5.74) is 11.3. The van der Waals surface area contributed by atoms with Crippen molar-refractivity contribution in [2.24, 2.45) is 11.5 Å². The Bertz CT molecular complexity index is 920. The van der Waals surface area contributed by atoms with Gasteiger partial charge in [0, 0.05) is 6.04 Å². The van der Waals surface area contributed by atoms with Gasteiger partial charge in [0.15, 0.2) is 11.6 Å². The zero-order valence-corrected chi connectivity index (χ0v) is 17.6. The van der Waals surface area contributed by atoms with Crippen molar-refractivity contribution in [1.29, 1.82) is 0 Å². The van der Waals surface area contributed by atoms with Crippen LogP contribution in [0.25, 0.3) is 0 Å². The molecular formula is C22H27FN4O5. The number of carbonyl (C=O) groups is 2. The lowest BCUT2D eigenvalue weighted by Crippen LogP contribution is -2.32. The van der Waals surface area contributed by atoms with Crippen LogP contribution in [-0.2, 0) is 16.1 Å². The van der Waals surface area contributed by atoms with Gasteiger partial charge in [0.25, 0.3) is 5.91 Å². The first kappa shape index (κ1) is 23.3. The molecule has 5 N–H and O–H groups in total. The number of halogens is 1.